The maximum Gasteiger partial charge on any atom is 0.341 e. The highest BCUT2D eigenvalue weighted by atomic mass is 16.6. The fourth-order valence-electron chi connectivity index (χ4n) is 3.40. The van der Waals surface area contributed by atoms with Gasteiger partial charge in [0.05, 0.1) is 17.1 Å². The highest BCUT2D eigenvalue weighted by Crippen LogP contribution is 2.29. The quantitative estimate of drug-likeness (QED) is 0.350. The molecule has 9 nitrogen and oxygen atoms in total. The number of nitro benzene ring substituents is 1. The van der Waals surface area contributed by atoms with Crippen molar-refractivity contribution in [3.63, 3.8) is 0 Å². The van der Waals surface area contributed by atoms with Crippen molar-refractivity contribution in [2.24, 2.45) is 11.8 Å². The molecule has 0 unspecified atom stereocenters. The zero-order valence-corrected chi connectivity index (χ0v) is 16.1. The zero-order valence-electron chi connectivity index (χ0n) is 16.1. The van der Waals surface area contributed by atoms with Gasteiger partial charge in [0, 0.05) is 30.4 Å². The van der Waals surface area contributed by atoms with E-state index in [1.165, 1.54) is 12.1 Å². The van der Waals surface area contributed by atoms with Crippen molar-refractivity contribution in [2.75, 3.05) is 25.1 Å². The van der Waals surface area contributed by atoms with Gasteiger partial charge in [-0.1, -0.05) is 26.7 Å². The molecule has 2 rings (SSSR count). The normalized spacial score (nSPS) is 21.6. The van der Waals surface area contributed by atoms with Gasteiger partial charge in [-0.15, -0.1) is 0 Å². The van der Waals surface area contributed by atoms with Crippen LogP contribution in [0.5, 0.6) is 0 Å². The summed E-state index contributed by atoms with van der Waals surface area (Å²) in [6.45, 7) is 3.79. The number of benzene rings is 1. The number of ether oxygens (including phenoxy) is 1. The first-order valence-electron chi connectivity index (χ1n) is 9.43. The van der Waals surface area contributed by atoms with Gasteiger partial charge in [-0.2, -0.15) is 0 Å². The van der Waals surface area contributed by atoms with Crippen molar-refractivity contribution in [1.29, 1.82) is 0 Å². The number of carbonyl (C=O) groups is 2. The number of nitro groups is 1. The average Bonchev–Trinajstić information content (AvgIpc) is 2.67. The van der Waals surface area contributed by atoms with Gasteiger partial charge >= 0.3 is 5.97 Å². The topological polar surface area (TPSA) is 131 Å². The van der Waals surface area contributed by atoms with E-state index in [2.05, 4.69) is 24.5 Å². The Hall–Kier alpha value is -2.68. The second-order valence-corrected chi connectivity index (χ2v) is 7.15. The average molecular weight is 393 g/mol. The minimum absolute atomic E-state index is 0.0505. The summed E-state index contributed by atoms with van der Waals surface area (Å²) in [5, 5.41) is 25.6. The van der Waals surface area contributed by atoms with Gasteiger partial charge in [-0.25, -0.2) is 4.79 Å². The lowest BCUT2D eigenvalue weighted by Gasteiger charge is -2.34. The number of esters is 1. The molecule has 1 aromatic carbocycles. The SMILES string of the molecule is C[C@@H]1[C@H](C)CCC[C@@H]1NC(=O)COC(=O)c1cc([N+](=O)[O-])ccc1NCCO. The summed E-state index contributed by atoms with van der Waals surface area (Å²) < 4.78 is 5.07. The van der Waals surface area contributed by atoms with Gasteiger partial charge in [0.25, 0.3) is 11.6 Å². The molecule has 3 N–H and O–H groups in total. The summed E-state index contributed by atoms with van der Waals surface area (Å²) in [5.41, 5.74) is -0.0362. The number of hydrogen-bond donors (Lipinski definition) is 3. The first-order valence-corrected chi connectivity index (χ1v) is 9.43. The van der Waals surface area contributed by atoms with Crippen LogP contribution < -0.4 is 10.6 Å². The Morgan fingerprint density at radius 3 is 2.75 bits per heavy atom. The van der Waals surface area contributed by atoms with Crippen molar-refractivity contribution in [3.05, 3.63) is 33.9 Å². The van der Waals surface area contributed by atoms with Gasteiger partial charge in [0.2, 0.25) is 0 Å². The number of anilines is 1. The minimum atomic E-state index is -0.843. The number of carbonyl (C=O) groups excluding carboxylic acids is 2. The molecular weight excluding hydrogens is 366 g/mol. The number of hydrogen-bond acceptors (Lipinski definition) is 7. The van der Waals surface area contributed by atoms with E-state index in [9.17, 15) is 19.7 Å². The van der Waals surface area contributed by atoms with Gasteiger partial charge in [0.1, 0.15) is 0 Å². The molecule has 1 aliphatic rings. The Kier molecular flexibility index (Phi) is 7.74. The number of nitrogens with one attached hydrogen (secondary N) is 2. The first kappa shape index (κ1) is 21.6. The smallest absolute Gasteiger partial charge is 0.341 e. The van der Waals surface area contributed by atoms with Crippen LogP contribution in [0.25, 0.3) is 0 Å². The van der Waals surface area contributed by atoms with Crippen LogP contribution >= 0.6 is 0 Å². The van der Waals surface area contributed by atoms with Gasteiger partial charge in [-0.3, -0.25) is 14.9 Å². The van der Waals surface area contributed by atoms with Crippen molar-refractivity contribution in [2.45, 2.75) is 39.2 Å². The number of non-ortho nitro benzene ring substituents is 1. The highest BCUT2D eigenvalue weighted by molar-refractivity contribution is 5.97. The monoisotopic (exact) mass is 393 g/mol. The third-order valence-corrected chi connectivity index (χ3v) is 5.25. The molecule has 0 aromatic heterocycles. The van der Waals surface area contributed by atoms with Crippen LogP contribution in [0.3, 0.4) is 0 Å². The van der Waals surface area contributed by atoms with Gasteiger partial charge < -0.3 is 20.5 Å². The standard InChI is InChI=1S/C19H27N3O6/c1-12-4-3-5-16(13(12)2)21-18(24)11-28-19(25)15-10-14(22(26)27)6-7-17(15)20-8-9-23/h6-7,10,12-13,16,20,23H,3-5,8-9,11H2,1-2H3,(H,21,24)/t12-,13-,16+/m1/s1. The van der Waals surface area contributed by atoms with Crippen LogP contribution in [0.2, 0.25) is 0 Å². The maximum absolute atomic E-state index is 12.4. The predicted molar refractivity (Wildman–Crippen MR) is 103 cm³/mol. The number of aliphatic hydroxyl groups is 1. The zero-order chi connectivity index (χ0) is 20.7. The van der Waals surface area contributed by atoms with E-state index < -0.39 is 23.4 Å². The van der Waals surface area contributed by atoms with Crippen molar-refractivity contribution >= 4 is 23.3 Å². The van der Waals surface area contributed by atoms with Crippen LogP contribution in [0, 0.1) is 22.0 Å². The number of amides is 1. The fraction of sp³-hybridized carbons (Fsp3) is 0.579. The lowest BCUT2D eigenvalue weighted by molar-refractivity contribution is -0.384. The van der Waals surface area contributed by atoms with E-state index in [4.69, 9.17) is 9.84 Å². The Morgan fingerprint density at radius 1 is 1.32 bits per heavy atom. The molecule has 1 amide bonds. The maximum atomic E-state index is 12.4. The molecule has 0 saturated heterocycles. The molecule has 3 atom stereocenters. The third-order valence-electron chi connectivity index (χ3n) is 5.25. The summed E-state index contributed by atoms with van der Waals surface area (Å²) in [6.07, 6.45) is 3.08. The van der Waals surface area contributed by atoms with Crippen molar-refractivity contribution in [1.82, 2.24) is 5.32 Å². The Balaban J connectivity index is 2.00. The molecule has 0 bridgehead atoms. The molecular formula is C19H27N3O6. The summed E-state index contributed by atoms with van der Waals surface area (Å²) in [5.74, 6) is -0.370. The molecule has 0 aliphatic heterocycles. The third kappa shape index (κ3) is 5.66. The number of rotatable bonds is 8. The van der Waals surface area contributed by atoms with Crippen LogP contribution in [-0.4, -0.2) is 47.7 Å². The van der Waals surface area contributed by atoms with Gasteiger partial charge in [0.15, 0.2) is 6.61 Å². The molecule has 0 spiro atoms. The lowest BCUT2D eigenvalue weighted by Crippen LogP contribution is -2.45. The minimum Gasteiger partial charge on any atom is -0.452 e. The summed E-state index contributed by atoms with van der Waals surface area (Å²) in [7, 11) is 0. The van der Waals surface area contributed by atoms with Crippen LogP contribution in [0.1, 0.15) is 43.5 Å². The van der Waals surface area contributed by atoms with E-state index >= 15 is 0 Å². The summed E-state index contributed by atoms with van der Waals surface area (Å²) >= 11 is 0. The molecule has 0 radical (unpaired) electrons. The Morgan fingerprint density at radius 2 is 2.07 bits per heavy atom. The van der Waals surface area contributed by atoms with Crippen LogP contribution in [0.4, 0.5) is 11.4 Å². The number of nitrogens with zero attached hydrogens (tertiary/aromatic N) is 1. The second-order valence-electron chi connectivity index (χ2n) is 7.15. The van der Waals surface area contributed by atoms with E-state index in [0.717, 1.165) is 25.3 Å². The van der Waals surface area contributed by atoms with Crippen LogP contribution in [-0.2, 0) is 9.53 Å². The van der Waals surface area contributed by atoms with Crippen LogP contribution in [0.15, 0.2) is 18.2 Å². The van der Waals surface area contributed by atoms with E-state index in [1.54, 1.807) is 0 Å². The van der Waals surface area contributed by atoms with E-state index in [0.29, 0.717) is 17.5 Å². The second kappa shape index (κ2) is 10.0. The largest absolute Gasteiger partial charge is 0.452 e. The van der Waals surface area contributed by atoms with Crippen molar-refractivity contribution in [3.8, 4) is 0 Å². The summed E-state index contributed by atoms with van der Waals surface area (Å²) in [4.78, 5) is 34.9. The molecule has 1 aromatic rings. The van der Waals surface area contributed by atoms with Crippen molar-refractivity contribution < 1.29 is 24.4 Å². The Labute approximate surface area is 163 Å². The molecule has 154 valence electrons. The predicted octanol–water partition coefficient (Wildman–Crippen LogP) is 2.10. The van der Waals surface area contributed by atoms with E-state index in [1.807, 2.05) is 0 Å². The Bertz CT molecular complexity index is 724. The highest BCUT2D eigenvalue weighted by Gasteiger charge is 2.28. The lowest BCUT2D eigenvalue weighted by atomic mass is 9.78. The molecule has 1 saturated carbocycles. The molecule has 9 heteroatoms. The molecule has 1 aliphatic carbocycles. The molecule has 1 fully saturated rings. The number of aliphatic hydroxyl groups excluding tert-OH is 1. The van der Waals surface area contributed by atoms with Gasteiger partial charge in [-0.05, 0) is 24.3 Å². The fourth-order valence-corrected chi connectivity index (χ4v) is 3.40. The molecule has 28 heavy (non-hydrogen) atoms. The summed E-state index contributed by atoms with van der Waals surface area (Å²) in [6, 6.07) is 3.75. The van der Waals surface area contributed by atoms with E-state index in [-0.39, 0.29) is 30.4 Å². The first-order chi connectivity index (χ1) is 13.3. The molecule has 0 heterocycles.